The van der Waals surface area contributed by atoms with Crippen LogP contribution < -0.4 is 11.1 Å². The zero-order chi connectivity index (χ0) is 11.1. The highest BCUT2D eigenvalue weighted by Gasteiger charge is 2.54. The molecule has 1 amide bonds. The summed E-state index contributed by atoms with van der Waals surface area (Å²) in [5.74, 6) is -0.0250. The summed E-state index contributed by atoms with van der Waals surface area (Å²) >= 11 is 4.93. The highest BCUT2D eigenvalue weighted by molar-refractivity contribution is 7.80. The van der Waals surface area contributed by atoms with Gasteiger partial charge in [0.2, 0.25) is 5.91 Å². The van der Waals surface area contributed by atoms with Crippen molar-refractivity contribution in [3.05, 3.63) is 0 Å². The summed E-state index contributed by atoms with van der Waals surface area (Å²) in [5.41, 5.74) is 4.80. The third kappa shape index (κ3) is 1.86. The van der Waals surface area contributed by atoms with Crippen LogP contribution in [0.1, 0.15) is 26.2 Å². The summed E-state index contributed by atoms with van der Waals surface area (Å²) in [5, 5.41) is 3.01. The number of ether oxygens (including phenoxy) is 1. The Morgan fingerprint density at radius 3 is 2.53 bits per heavy atom. The van der Waals surface area contributed by atoms with Crippen molar-refractivity contribution >= 4 is 23.1 Å². The molecule has 5 heteroatoms. The fraction of sp³-hybridized carbons (Fsp3) is 0.800. The second-order valence-corrected chi connectivity index (χ2v) is 5.20. The predicted octanol–water partition coefficient (Wildman–Crippen LogP) is 0.348. The Balaban J connectivity index is 2.01. The van der Waals surface area contributed by atoms with E-state index in [1.54, 1.807) is 0 Å². The number of nitrogens with one attached hydrogen (secondary N) is 1. The van der Waals surface area contributed by atoms with Crippen LogP contribution in [0.25, 0.3) is 0 Å². The molecule has 1 heterocycles. The summed E-state index contributed by atoms with van der Waals surface area (Å²) in [4.78, 5) is 12.3. The van der Waals surface area contributed by atoms with Crippen LogP contribution in [-0.4, -0.2) is 29.6 Å². The summed E-state index contributed by atoms with van der Waals surface area (Å²) in [6, 6.07) is 0. The van der Waals surface area contributed by atoms with Crippen LogP contribution in [0, 0.1) is 5.41 Å². The smallest absolute Gasteiger partial charge is 0.233 e. The molecule has 15 heavy (non-hydrogen) atoms. The Labute approximate surface area is 94.5 Å². The first-order chi connectivity index (χ1) is 6.99. The number of hydrogen-bond acceptors (Lipinski definition) is 3. The third-order valence-electron chi connectivity index (χ3n) is 3.29. The molecule has 0 aromatic rings. The molecule has 0 radical (unpaired) electrons. The second-order valence-electron chi connectivity index (χ2n) is 4.76. The fourth-order valence-electron chi connectivity index (χ4n) is 1.87. The molecule has 1 aliphatic heterocycles. The topological polar surface area (TPSA) is 64.4 Å². The van der Waals surface area contributed by atoms with E-state index < -0.39 is 5.41 Å². The van der Waals surface area contributed by atoms with Gasteiger partial charge in [-0.15, -0.1) is 0 Å². The number of carbonyl (C=O) groups is 1. The number of nitrogens with two attached hydrogens (primary N) is 1. The van der Waals surface area contributed by atoms with Crippen molar-refractivity contribution in [1.82, 2.24) is 5.32 Å². The van der Waals surface area contributed by atoms with E-state index >= 15 is 0 Å². The van der Waals surface area contributed by atoms with E-state index in [0.717, 1.165) is 19.3 Å². The van der Waals surface area contributed by atoms with Crippen molar-refractivity contribution in [2.45, 2.75) is 31.7 Å². The molecular weight excluding hydrogens is 212 g/mol. The SMILES string of the molecule is CC1(NC(=O)C2(C(N)=S)CC2)CCOC1. The Morgan fingerprint density at radius 1 is 1.47 bits per heavy atom. The first kappa shape index (κ1) is 10.8. The van der Waals surface area contributed by atoms with E-state index in [9.17, 15) is 4.79 Å². The lowest BCUT2D eigenvalue weighted by Gasteiger charge is -2.26. The molecule has 1 unspecified atom stereocenters. The van der Waals surface area contributed by atoms with E-state index in [1.165, 1.54) is 0 Å². The molecule has 1 atom stereocenters. The largest absolute Gasteiger partial charge is 0.392 e. The van der Waals surface area contributed by atoms with Gasteiger partial charge in [-0.25, -0.2) is 0 Å². The molecule has 0 bridgehead atoms. The molecule has 4 nitrogen and oxygen atoms in total. The minimum atomic E-state index is -0.555. The Morgan fingerprint density at radius 2 is 2.13 bits per heavy atom. The highest BCUT2D eigenvalue weighted by atomic mass is 32.1. The van der Waals surface area contributed by atoms with Crippen LogP contribution in [0.5, 0.6) is 0 Å². The zero-order valence-electron chi connectivity index (χ0n) is 8.84. The summed E-state index contributed by atoms with van der Waals surface area (Å²) in [7, 11) is 0. The van der Waals surface area contributed by atoms with Gasteiger partial charge >= 0.3 is 0 Å². The van der Waals surface area contributed by atoms with Crippen molar-refractivity contribution in [2.24, 2.45) is 11.1 Å². The molecule has 2 fully saturated rings. The van der Waals surface area contributed by atoms with E-state index in [-0.39, 0.29) is 11.4 Å². The van der Waals surface area contributed by atoms with Crippen LogP contribution in [-0.2, 0) is 9.53 Å². The predicted molar refractivity (Wildman–Crippen MR) is 60.4 cm³/mol. The van der Waals surface area contributed by atoms with Gasteiger partial charge in [-0.1, -0.05) is 12.2 Å². The van der Waals surface area contributed by atoms with E-state index in [2.05, 4.69) is 5.32 Å². The zero-order valence-corrected chi connectivity index (χ0v) is 9.65. The average Bonchev–Trinajstić information content (AvgIpc) is 2.86. The van der Waals surface area contributed by atoms with Gasteiger partial charge in [0.15, 0.2) is 0 Å². The fourth-order valence-corrected chi connectivity index (χ4v) is 2.17. The maximum atomic E-state index is 12.0. The van der Waals surface area contributed by atoms with Crippen molar-refractivity contribution in [2.75, 3.05) is 13.2 Å². The van der Waals surface area contributed by atoms with Gasteiger partial charge in [0, 0.05) is 6.61 Å². The molecule has 3 N–H and O–H groups in total. The van der Waals surface area contributed by atoms with Gasteiger partial charge in [-0.2, -0.15) is 0 Å². The third-order valence-corrected chi connectivity index (χ3v) is 3.68. The summed E-state index contributed by atoms with van der Waals surface area (Å²) in [6.45, 7) is 3.27. The molecule has 2 aliphatic rings. The average molecular weight is 228 g/mol. The van der Waals surface area contributed by atoms with E-state index in [4.69, 9.17) is 22.7 Å². The van der Waals surface area contributed by atoms with Crippen LogP contribution in [0.4, 0.5) is 0 Å². The summed E-state index contributed by atoms with van der Waals surface area (Å²) < 4.78 is 5.28. The number of carbonyl (C=O) groups excluding carboxylic acids is 1. The lowest BCUT2D eigenvalue weighted by molar-refractivity contribution is -0.125. The van der Waals surface area contributed by atoms with Gasteiger partial charge in [-0.3, -0.25) is 4.79 Å². The molecule has 1 saturated heterocycles. The van der Waals surface area contributed by atoms with Gasteiger partial charge in [0.1, 0.15) is 0 Å². The van der Waals surface area contributed by atoms with E-state index in [1.807, 2.05) is 6.92 Å². The quantitative estimate of drug-likeness (QED) is 0.684. The Bertz CT molecular complexity index is 307. The van der Waals surface area contributed by atoms with Crippen LogP contribution in [0.2, 0.25) is 0 Å². The maximum Gasteiger partial charge on any atom is 0.233 e. The molecule has 1 saturated carbocycles. The highest BCUT2D eigenvalue weighted by Crippen LogP contribution is 2.46. The molecule has 0 aromatic carbocycles. The van der Waals surface area contributed by atoms with Crippen LogP contribution in [0.15, 0.2) is 0 Å². The molecule has 2 rings (SSSR count). The van der Waals surface area contributed by atoms with Gasteiger partial charge < -0.3 is 15.8 Å². The van der Waals surface area contributed by atoms with Crippen molar-refractivity contribution in [1.29, 1.82) is 0 Å². The molecule has 0 spiro atoms. The molecular formula is C10H16N2O2S. The lowest BCUT2D eigenvalue weighted by Crippen LogP contribution is -2.51. The number of rotatable bonds is 3. The van der Waals surface area contributed by atoms with Crippen LogP contribution in [0.3, 0.4) is 0 Å². The van der Waals surface area contributed by atoms with Gasteiger partial charge in [0.05, 0.1) is 22.5 Å². The van der Waals surface area contributed by atoms with Gasteiger partial charge in [0.25, 0.3) is 0 Å². The Hall–Kier alpha value is -0.680. The standard InChI is InChI=1S/C10H16N2O2S/c1-9(4-5-14-6-9)12-8(13)10(2-3-10)7(11)15/h2-6H2,1H3,(H2,11,15)(H,12,13). The minimum Gasteiger partial charge on any atom is -0.392 e. The number of thiocarbonyl (C=S) groups is 1. The van der Waals surface area contributed by atoms with E-state index in [0.29, 0.717) is 18.2 Å². The number of hydrogen-bond donors (Lipinski definition) is 2. The second kappa shape index (κ2) is 3.42. The Kier molecular flexibility index (Phi) is 2.47. The van der Waals surface area contributed by atoms with Crippen molar-refractivity contribution in [3.63, 3.8) is 0 Å². The number of amides is 1. The molecule has 84 valence electrons. The normalized spacial score (nSPS) is 32.3. The lowest BCUT2D eigenvalue weighted by atomic mass is 9.98. The first-order valence-corrected chi connectivity index (χ1v) is 5.60. The van der Waals surface area contributed by atoms with Crippen molar-refractivity contribution < 1.29 is 9.53 Å². The maximum absolute atomic E-state index is 12.0. The molecule has 0 aromatic heterocycles. The monoisotopic (exact) mass is 228 g/mol. The first-order valence-electron chi connectivity index (χ1n) is 5.19. The van der Waals surface area contributed by atoms with Gasteiger partial charge in [-0.05, 0) is 26.2 Å². The molecule has 1 aliphatic carbocycles. The van der Waals surface area contributed by atoms with Crippen LogP contribution >= 0.6 is 12.2 Å². The van der Waals surface area contributed by atoms with Crippen molar-refractivity contribution in [3.8, 4) is 0 Å². The minimum absolute atomic E-state index is 0.0250. The summed E-state index contributed by atoms with van der Waals surface area (Å²) in [6.07, 6.45) is 2.42.